The molecule has 2 atom stereocenters. The van der Waals surface area contributed by atoms with E-state index < -0.39 is 0 Å². The fourth-order valence-electron chi connectivity index (χ4n) is 2.85. The van der Waals surface area contributed by atoms with Crippen molar-refractivity contribution in [3.63, 3.8) is 0 Å². The van der Waals surface area contributed by atoms with Crippen LogP contribution >= 0.6 is 11.3 Å². The van der Waals surface area contributed by atoms with E-state index in [1.54, 1.807) is 11.3 Å². The molecule has 21 heavy (non-hydrogen) atoms. The van der Waals surface area contributed by atoms with E-state index in [4.69, 9.17) is 0 Å². The Morgan fingerprint density at radius 3 is 2.71 bits per heavy atom. The van der Waals surface area contributed by atoms with Crippen LogP contribution in [0.1, 0.15) is 18.2 Å². The quantitative estimate of drug-likeness (QED) is 0.930. The number of hydrogen-bond donors (Lipinski definition) is 1. The summed E-state index contributed by atoms with van der Waals surface area (Å²) in [5, 5.41) is 9.66. The zero-order valence-electron chi connectivity index (χ0n) is 12.1. The summed E-state index contributed by atoms with van der Waals surface area (Å²) >= 11 is 1.76. The Morgan fingerprint density at radius 2 is 2.05 bits per heavy atom. The molecule has 2 unspecified atom stereocenters. The molecule has 0 bridgehead atoms. The second kappa shape index (κ2) is 6.26. The zero-order valence-corrected chi connectivity index (χ0v) is 12.9. The monoisotopic (exact) mass is 305 g/mol. The fraction of sp³-hybridized carbons (Fsp3) is 0.412. The van der Waals surface area contributed by atoms with Crippen molar-refractivity contribution in [2.75, 3.05) is 13.1 Å². The van der Waals surface area contributed by atoms with E-state index in [0.717, 1.165) is 31.6 Å². The lowest BCUT2D eigenvalue weighted by Crippen LogP contribution is -2.23. The Bertz CT molecular complexity index is 593. The summed E-state index contributed by atoms with van der Waals surface area (Å²) < 4.78 is 13.0. The molecule has 1 saturated heterocycles. The highest BCUT2D eigenvalue weighted by Gasteiger charge is 2.26. The van der Waals surface area contributed by atoms with Crippen molar-refractivity contribution in [1.82, 2.24) is 4.90 Å². The number of aliphatic hydroxyl groups is 1. The predicted molar refractivity (Wildman–Crippen MR) is 84.8 cm³/mol. The third-order valence-electron chi connectivity index (χ3n) is 4.16. The molecule has 1 aromatic heterocycles. The number of aliphatic hydroxyl groups excluding tert-OH is 1. The lowest BCUT2D eigenvalue weighted by Gasteiger charge is -2.16. The number of thiophene rings is 1. The highest BCUT2D eigenvalue weighted by Crippen LogP contribution is 2.30. The van der Waals surface area contributed by atoms with Gasteiger partial charge in [-0.25, -0.2) is 4.39 Å². The molecule has 0 radical (unpaired) electrons. The third kappa shape index (κ3) is 3.51. The number of hydrogen-bond acceptors (Lipinski definition) is 3. The van der Waals surface area contributed by atoms with E-state index in [0.29, 0.717) is 5.92 Å². The molecular formula is C17H20FNOS. The molecule has 0 amide bonds. The summed E-state index contributed by atoms with van der Waals surface area (Å²) in [4.78, 5) is 4.90. The maximum absolute atomic E-state index is 13.0. The molecule has 0 spiro atoms. The van der Waals surface area contributed by atoms with E-state index in [-0.39, 0.29) is 11.9 Å². The van der Waals surface area contributed by atoms with Crippen LogP contribution in [0.4, 0.5) is 4.39 Å². The van der Waals surface area contributed by atoms with Gasteiger partial charge in [0.1, 0.15) is 5.82 Å². The fourth-order valence-corrected chi connectivity index (χ4v) is 3.91. The highest BCUT2D eigenvalue weighted by molar-refractivity contribution is 7.15. The van der Waals surface area contributed by atoms with Crippen LogP contribution in [-0.2, 0) is 6.54 Å². The second-order valence-electron chi connectivity index (χ2n) is 5.80. The van der Waals surface area contributed by atoms with Crippen molar-refractivity contribution < 1.29 is 9.50 Å². The molecule has 0 saturated carbocycles. The molecule has 1 N–H and O–H groups in total. The molecule has 2 aromatic rings. The molecule has 2 nitrogen and oxygen atoms in total. The van der Waals surface area contributed by atoms with Gasteiger partial charge >= 0.3 is 0 Å². The number of nitrogens with zero attached hydrogens (tertiary/aromatic N) is 1. The Labute approximate surface area is 128 Å². The molecule has 0 aliphatic carbocycles. The summed E-state index contributed by atoms with van der Waals surface area (Å²) in [6.07, 6.45) is 0.863. The normalized spacial score (nSPS) is 20.8. The summed E-state index contributed by atoms with van der Waals surface area (Å²) in [7, 11) is 0. The number of benzene rings is 1. The van der Waals surface area contributed by atoms with Crippen molar-refractivity contribution in [3.05, 3.63) is 47.1 Å². The SMILES string of the molecule is CC(O)C1CCN(Cc2ccc(-c3ccc(F)cc3)s2)C1. The highest BCUT2D eigenvalue weighted by atomic mass is 32.1. The van der Waals surface area contributed by atoms with Crippen LogP contribution in [0.15, 0.2) is 36.4 Å². The van der Waals surface area contributed by atoms with Crippen molar-refractivity contribution in [1.29, 1.82) is 0 Å². The molecule has 1 aliphatic heterocycles. The van der Waals surface area contributed by atoms with E-state index in [2.05, 4.69) is 17.0 Å². The van der Waals surface area contributed by atoms with Crippen LogP contribution in [0.5, 0.6) is 0 Å². The first-order chi connectivity index (χ1) is 10.1. The van der Waals surface area contributed by atoms with Crippen LogP contribution in [0.3, 0.4) is 0 Å². The van der Waals surface area contributed by atoms with Gasteiger partial charge in [0.25, 0.3) is 0 Å². The summed E-state index contributed by atoms with van der Waals surface area (Å²) in [5.74, 6) is 0.207. The van der Waals surface area contributed by atoms with Crippen LogP contribution < -0.4 is 0 Å². The maximum atomic E-state index is 13.0. The molecule has 1 fully saturated rings. The average molecular weight is 305 g/mol. The van der Waals surface area contributed by atoms with Crippen molar-refractivity contribution >= 4 is 11.3 Å². The van der Waals surface area contributed by atoms with E-state index in [1.807, 2.05) is 19.1 Å². The second-order valence-corrected chi connectivity index (χ2v) is 6.97. The van der Waals surface area contributed by atoms with Crippen molar-refractivity contribution in [2.24, 2.45) is 5.92 Å². The minimum Gasteiger partial charge on any atom is -0.393 e. The Balaban J connectivity index is 1.64. The van der Waals surface area contributed by atoms with Crippen LogP contribution in [0.2, 0.25) is 0 Å². The van der Waals surface area contributed by atoms with Gasteiger partial charge in [-0.05, 0) is 55.6 Å². The minimum absolute atomic E-state index is 0.197. The van der Waals surface area contributed by atoms with E-state index in [9.17, 15) is 9.50 Å². The third-order valence-corrected chi connectivity index (χ3v) is 5.28. The van der Waals surface area contributed by atoms with Gasteiger partial charge in [0, 0.05) is 22.8 Å². The first-order valence-corrected chi connectivity index (χ1v) is 8.18. The van der Waals surface area contributed by atoms with Crippen LogP contribution in [-0.4, -0.2) is 29.2 Å². The van der Waals surface area contributed by atoms with Gasteiger partial charge in [-0.2, -0.15) is 0 Å². The summed E-state index contributed by atoms with van der Waals surface area (Å²) in [6, 6.07) is 10.9. The molecule has 2 heterocycles. The van der Waals surface area contributed by atoms with Gasteiger partial charge in [0.05, 0.1) is 6.10 Å². The maximum Gasteiger partial charge on any atom is 0.123 e. The molecule has 1 aliphatic rings. The molecular weight excluding hydrogens is 285 g/mol. The lowest BCUT2D eigenvalue weighted by atomic mass is 10.0. The van der Waals surface area contributed by atoms with Gasteiger partial charge < -0.3 is 5.11 Å². The van der Waals surface area contributed by atoms with E-state index in [1.165, 1.54) is 21.9 Å². The number of rotatable bonds is 4. The van der Waals surface area contributed by atoms with Gasteiger partial charge in [-0.1, -0.05) is 12.1 Å². The number of likely N-dealkylation sites (tertiary alicyclic amines) is 1. The van der Waals surface area contributed by atoms with E-state index >= 15 is 0 Å². The van der Waals surface area contributed by atoms with Gasteiger partial charge in [0.15, 0.2) is 0 Å². The zero-order chi connectivity index (χ0) is 14.8. The molecule has 1 aromatic carbocycles. The van der Waals surface area contributed by atoms with Gasteiger partial charge in [0.2, 0.25) is 0 Å². The Morgan fingerprint density at radius 1 is 1.29 bits per heavy atom. The topological polar surface area (TPSA) is 23.5 Å². The standard InChI is InChI=1S/C17H20FNOS/c1-12(20)14-8-9-19(10-14)11-16-6-7-17(21-16)13-2-4-15(18)5-3-13/h2-7,12,14,20H,8-11H2,1H3. The Kier molecular flexibility index (Phi) is 4.38. The van der Waals surface area contributed by atoms with Gasteiger partial charge in [-0.3, -0.25) is 4.90 Å². The first kappa shape index (κ1) is 14.7. The largest absolute Gasteiger partial charge is 0.393 e. The summed E-state index contributed by atoms with van der Waals surface area (Å²) in [5.41, 5.74) is 1.07. The van der Waals surface area contributed by atoms with Crippen LogP contribution in [0.25, 0.3) is 10.4 Å². The Hall–Kier alpha value is -1.23. The lowest BCUT2D eigenvalue weighted by molar-refractivity contribution is 0.127. The molecule has 3 rings (SSSR count). The summed E-state index contributed by atoms with van der Waals surface area (Å²) in [6.45, 7) is 4.85. The van der Waals surface area contributed by atoms with Crippen molar-refractivity contribution in [2.45, 2.75) is 26.0 Å². The number of halogens is 1. The van der Waals surface area contributed by atoms with Gasteiger partial charge in [-0.15, -0.1) is 11.3 Å². The molecule has 4 heteroatoms. The van der Waals surface area contributed by atoms with Crippen molar-refractivity contribution in [3.8, 4) is 10.4 Å². The minimum atomic E-state index is -0.215. The van der Waals surface area contributed by atoms with Crippen LogP contribution in [0, 0.1) is 11.7 Å². The average Bonchev–Trinajstić information content (AvgIpc) is 3.10. The predicted octanol–water partition coefficient (Wildman–Crippen LogP) is 3.76. The smallest absolute Gasteiger partial charge is 0.123 e. The first-order valence-electron chi connectivity index (χ1n) is 7.37. The molecule has 112 valence electrons.